The third-order valence-corrected chi connectivity index (χ3v) is 4.12. The lowest BCUT2D eigenvalue weighted by atomic mass is 9.94. The molecule has 2 saturated heterocycles. The summed E-state index contributed by atoms with van der Waals surface area (Å²) in [6.07, 6.45) is 4.13. The van der Waals surface area contributed by atoms with Gasteiger partial charge in [0.15, 0.2) is 11.6 Å². The van der Waals surface area contributed by atoms with E-state index in [0.717, 1.165) is 19.6 Å². The van der Waals surface area contributed by atoms with Crippen LogP contribution in [0.1, 0.15) is 12.8 Å². The smallest absolute Gasteiger partial charge is 0.166 e. The van der Waals surface area contributed by atoms with Gasteiger partial charge in [-0.3, -0.25) is 0 Å². The number of piperidine rings is 1. The van der Waals surface area contributed by atoms with Crippen molar-refractivity contribution in [1.82, 2.24) is 10.3 Å². The average molecular weight is 300 g/mol. The fourth-order valence-corrected chi connectivity index (χ4v) is 3.16. The minimum Gasteiger partial charge on any atom is -0.352 e. The van der Waals surface area contributed by atoms with E-state index >= 15 is 0 Å². The number of anilines is 1. The monoisotopic (exact) mass is 299 g/mol. The maximum Gasteiger partial charge on any atom is 0.166 e. The molecule has 2 atom stereocenters. The van der Waals surface area contributed by atoms with Gasteiger partial charge in [-0.1, -0.05) is 0 Å². The van der Waals surface area contributed by atoms with Crippen LogP contribution in [0.25, 0.3) is 0 Å². The minimum absolute atomic E-state index is 0.238. The molecule has 3 heterocycles. The zero-order valence-corrected chi connectivity index (χ0v) is 11.1. The first-order chi connectivity index (χ1) is 8.24. The third kappa shape index (κ3) is 2.18. The molecule has 17 heavy (non-hydrogen) atoms. The van der Waals surface area contributed by atoms with Gasteiger partial charge in [0.2, 0.25) is 0 Å². The molecule has 1 aromatic rings. The molecule has 0 bridgehead atoms. The molecule has 1 N–H and O–H groups in total. The fourth-order valence-electron chi connectivity index (χ4n) is 2.86. The molecule has 1 aromatic heterocycles. The average Bonchev–Trinajstić information content (AvgIpc) is 2.72. The van der Waals surface area contributed by atoms with Crippen molar-refractivity contribution in [2.75, 3.05) is 24.5 Å². The van der Waals surface area contributed by atoms with Gasteiger partial charge >= 0.3 is 0 Å². The topological polar surface area (TPSA) is 28.2 Å². The maximum absolute atomic E-state index is 13.8. The van der Waals surface area contributed by atoms with Gasteiger partial charge in [-0.15, -0.1) is 0 Å². The highest BCUT2D eigenvalue weighted by atomic mass is 79.9. The summed E-state index contributed by atoms with van der Waals surface area (Å²) in [6, 6.07) is 1.99. The second kappa shape index (κ2) is 4.53. The molecule has 5 heteroatoms. The van der Waals surface area contributed by atoms with Crippen LogP contribution < -0.4 is 10.2 Å². The Balaban J connectivity index is 1.81. The van der Waals surface area contributed by atoms with Crippen LogP contribution in [-0.4, -0.2) is 30.7 Å². The molecular weight excluding hydrogens is 285 g/mol. The van der Waals surface area contributed by atoms with E-state index in [9.17, 15) is 4.39 Å². The number of pyridine rings is 1. The van der Waals surface area contributed by atoms with E-state index in [2.05, 4.69) is 31.1 Å². The molecule has 2 aliphatic rings. The van der Waals surface area contributed by atoms with Gasteiger partial charge in [0.25, 0.3) is 0 Å². The summed E-state index contributed by atoms with van der Waals surface area (Å²) in [5.41, 5.74) is 0. The number of fused-ring (bicyclic) bond motifs is 1. The normalized spacial score (nSPS) is 28.2. The molecular formula is C12H15BrFN3. The van der Waals surface area contributed by atoms with E-state index in [1.54, 1.807) is 6.20 Å². The first-order valence-corrected chi connectivity index (χ1v) is 6.83. The summed E-state index contributed by atoms with van der Waals surface area (Å²) in [7, 11) is 0. The first-order valence-electron chi connectivity index (χ1n) is 6.03. The molecule has 3 rings (SSSR count). The first kappa shape index (κ1) is 11.4. The predicted molar refractivity (Wildman–Crippen MR) is 68.6 cm³/mol. The molecule has 0 saturated carbocycles. The Hall–Kier alpha value is -0.680. The van der Waals surface area contributed by atoms with Crippen molar-refractivity contribution in [1.29, 1.82) is 0 Å². The molecule has 0 aliphatic carbocycles. The van der Waals surface area contributed by atoms with Crippen LogP contribution in [0.3, 0.4) is 0 Å². The zero-order valence-electron chi connectivity index (χ0n) is 9.50. The van der Waals surface area contributed by atoms with Crippen LogP contribution in [-0.2, 0) is 0 Å². The van der Waals surface area contributed by atoms with Crippen molar-refractivity contribution >= 4 is 21.7 Å². The highest BCUT2D eigenvalue weighted by molar-refractivity contribution is 9.10. The number of nitrogens with one attached hydrogen (secondary N) is 1. The van der Waals surface area contributed by atoms with E-state index in [4.69, 9.17) is 0 Å². The Kier molecular flexibility index (Phi) is 3.04. The number of hydrogen-bond acceptors (Lipinski definition) is 3. The number of nitrogens with zero attached hydrogens (tertiary/aromatic N) is 2. The Morgan fingerprint density at radius 3 is 3.12 bits per heavy atom. The summed E-state index contributed by atoms with van der Waals surface area (Å²) in [6.45, 7) is 2.88. The summed E-state index contributed by atoms with van der Waals surface area (Å²) < 4.78 is 14.5. The Bertz CT molecular complexity index is 412. The SMILES string of the molecule is Fc1cc(Br)cnc1N1C[C@@H]2CCCN[C@@H]2C1. The Labute approximate surface area is 109 Å². The number of aromatic nitrogens is 1. The quantitative estimate of drug-likeness (QED) is 0.861. The van der Waals surface area contributed by atoms with E-state index < -0.39 is 0 Å². The van der Waals surface area contributed by atoms with Gasteiger partial charge in [0.1, 0.15) is 0 Å². The number of hydrogen-bond donors (Lipinski definition) is 1. The van der Waals surface area contributed by atoms with Crippen LogP contribution in [0.2, 0.25) is 0 Å². The van der Waals surface area contributed by atoms with E-state index in [0.29, 0.717) is 22.3 Å². The lowest BCUT2D eigenvalue weighted by Crippen LogP contribution is -2.40. The molecule has 0 radical (unpaired) electrons. The fraction of sp³-hybridized carbons (Fsp3) is 0.583. The molecule has 0 unspecified atom stereocenters. The minimum atomic E-state index is -0.238. The molecule has 92 valence electrons. The summed E-state index contributed by atoms with van der Waals surface area (Å²) in [5.74, 6) is 0.899. The summed E-state index contributed by atoms with van der Waals surface area (Å²) >= 11 is 3.23. The van der Waals surface area contributed by atoms with Crippen molar-refractivity contribution in [3.05, 3.63) is 22.6 Å². The Morgan fingerprint density at radius 1 is 1.47 bits per heavy atom. The molecule has 3 nitrogen and oxygen atoms in total. The standard InChI is InChI=1S/C12H15BrFN3/c13-9-4-10(14)12(16-5-9)17-6-8-2-1-3-15-11(8)7-17/h4-5,8,11,15H,1-3,6-7H2/t8-,11+/m0/s1. The molecule has 0 aromatic carbocycles. The predicted octanol–water partition coefficient (Wildman–Crippen LogP) is 2.17. The van der Waals surface area contributed by atoms with Gasteiger partial charge in [-0.2, -0.15) is 0 Å². The second-order valence-electron chi connectivity index (χ2n) is 4.83. The van der Waals surface area contributed by atoms with Crippen LogP contribution >= 0.6 is 15.9 Å². The van der Waals surface area contributed by atoms with Crippen molar-refractivity contribution < 1.29 is 4.39 Å². The van der Waals surface area contributed by atoms with E-state index in [1.807, 2.05) is 0 Å². The van der Waals surface area contributed by atoms with E-state index in [1.165, 1.54) is 18.9 Å². The van der Waals surface area contributed by atoms with Crippen LogP contribution in [0.15, 0.2) is 16.7 Å². The number of rotatable bonds is 1. The van der Waals surface area contributed by atoms with Gasteiger partial charge < -0.3 is 10.2 Å². The van der Waals surface area contributed by atoms with Gasteiger partial charge in [-0.25, -0.2) is 9.37 Å². The maximum atomic E-state index is 13.8. The molecule has 2 fully saturated rings. The molecule has 2 aliphatic heterocycles. The number of halogens is 2. The molecule has 0 spiro atoms. The van der Waals surface area contributed by atoms with E-state index in [-0.39, 0.29) is 5.82 Å². The van der Waals surface area contributed by atoms with Crippen molar-refractivity contribution in [2.45, 2.75) is 18.9 Å². The van der Waals surface area contributed by atoms with Gasteiger partial charge in [0, 0.05) is 29.8 Å². The zero-order chi connectivity index (χ0) is 11.8. The lowest BCUT2D eigenvalue weighted by Gasteiger charge is -2.24. The highest BCUT2D eigenvalue weighted by Crippen LogP contribution is 2.29. The van der Waals surface area contributed by atoms with Gasteiger partial charge in [-0.05, 0) is 47.3 Å². The van der Waals surface area contributed by atoms with Crippen molar-refractivity contribution in [3.63, 3.8) is 0 Å². The second-order valence-corrected chi connectivity index (χ2v) is 5.74. The van der Waals surface area contributed by atoms with Crippen LogP contribution in [0.5, 0.6) is 0 Å². The van der Waals surface area contributed by atoms with Crippen molar-refractivity contribution in [3.8, 4) is 0 Å². The van der Waals surface area contributed by atoms with Crippen molar-refractivity contribution in [2.24, 2.45) is 5.92 Å². The molecule has 0 amide bonds. The van der Waals surface area contributed by atoms with Gasteiger partial charge in [0.05, 0.1) is 0 Å². The third-order valence-electron chi connectivity index (χ3n) is 3.69. The Morgan fingerprint density at radius 2 is 2.35 bits per heavy atom. The van der Waals surface area contributed by atoms with Crippen LogP contribution in [0, 0.1) is 11.7 Å². The largest absolute Gasteiger partial charge is 0.352 e. The van der Waals surface area contributed by atoms with Crippen LogP contribution in [0.4, 0.5) is 10.2 Å². The highest BCUT2D eigenvalue weighted by Gasteiger charge is 2.35. The lowest BCUT2D eigenvalue weighted by molar-refractivity contribution is 0.340. The summed E-state index contributed by atoms with van der Waals surface area (Å²) in [4.78, 5) is 6.26. The summed E-state index contributed by atoms with van der Waals surface area (Å²) in [5, 5.41) is 3.51.